The number of hydrogen-bond donors (Lipinski definition) is 4. The van der Waals surface area contributed by atoms with Gasteiger partial charge in [0.1, 0.15) is 17.1 Å². The Balaban J connectivity index is 1.39. The first-order chi connectivity index (χ1) is 15.9. The summed E-state index contributed by atoms with van der Waals surface area (Å²) in [7, 11) is 0. The number of carbonyl (C=O) groups excluding carboxylic acids is 3. The van der Waals surface area contributed by atoms with Crippen LogP contribution in [0.25, 0.3) is 0 Å². The maximum absolute atomic E-state index is 13.0. The number of amides is 3. The fourth-order valence-electron chi connectivity index (χ4n) is 3.83. The van der Waals surface area contributed by atoms with Gasteiger partial charge in [-0.25, -0.2) is 4.39 Å². The van der Waals surface area contributed by atoms with Gasteiger partial charge in [0.15, 0.2) is 0 Å². The van der Waals surface area contributed by atoms with Crippen LogP contribution in [0.15, 0.2) is 53.5 Å². The van der Waals surface area contributed by atoms with E-state index in [0.717, 1.165) is 19.5 Å². The van der Waals surface area contributed by atoms with E-state index in [9.17, 15) is 18.8 Å². The number of hydrogen-bond acceptors (Lipinski definition) is 6. The molecule has 1 atom stereocenters. The molecule has 2 aliphatic heterocycles. The molecule has 0 saturated carbocycles. The highest BCUT2D eigenvalue weighted by Gasteiger charge is 2.47. The average Bonchev–Trinajstić information content (AvgIpc) is 3.20. The molecule has 1 saturated heterocycles. The Morgan fingerprint density at radius 3 is 2.15 bits per heavy atom. The van der Waals surface area contributed by atoms with Crippen molar-refractivity contribution in [2.24, 2.45) is 10.7 Å². The Morgan fingerprint density at radius 1 is 1.00 bits per heavy atom. The quantitative estimate of drug-likeness (QED) is 0.480. The average molecular weight is 452 g/mol. The molecule has 1 unspecified atom stereocenters. The summed E-state index contributed by atoms with van der Waals surface area (Å²) >= 11 is 0. The molecule has 0 aromatic heterocycles. The molecule has 2 aromatic rings. The zero-order valence-electron chi connectivity index (χ0n) is 17.9. The van der Waals surface area contributed by atoms with Gasteiger partial charge in [-0.05, 0) is 74.5 Å². The van der Waals surface area contributed by atoms with Gasteiger partial charge in [-0.2, -0.15) is 0 Å². The minimum absolute atomic E-state index is 0.0733. The normalized spacial score (nSPS) is 20.0. The maximum Gasteiger partial charge on any atom is 0.272 e. The number of halogens is 1. The van der Waals surface area contributed by atoms with Gasteiger partial charge in [0.25, 0.3) is 11.8 Å². The smallest absolute Gasteiger partial charge is 0.272 e. The third kappa shape index (κ3) is 4.91. The van der Waals surface area contributed by atoms with E-state index < -0.39 is 23.2 Å². The minimum atomic E-state index is -1.30. The Hall–Kier alpha value is -3.63. The second-order valence-electron chi connectivity index (χ2n) is 8.05. The largest absolute Gasteiger partial charge is 0.368 e. The van der Waals surface area contributed by atoms with Crippen LogP contribution in [-0.2, 0) is 9.59 Å². The van der Waals surface area contributed by atoms with Crippen molar-refractivity contribution >= 4 is 34.8 Å². The van der Waals surface area contributed by atoms with E-state index in [-0.39, 0.29) is 18.3 Å². The molecule has 2 heterocycles. The highest BCUT2D eigenvalue weighted by molar-refractivity contribution is 6.50. The predicted molar refractivity (Wildman–Crippen MR) is 122 cm³/mol. The molecular formula is C23H25FN6O3. The van der Waals surface area contributed by atoms with E-state index in [1.807, 2.05) is 0 Å². The minimum Gasteiger partial charge on any atom is -0.368 e. The van der Waals surface area contributed by atoms with Crippen LogP contribution in [0.1, 0.15) is 23.2 Å². The lowest BCUT2D eigenvalue weighted by atomic mass is 9.88. The van der Waals surface area contributed by atoms with Crippen LogP contribution in [0.4, 0.5) is 15.8 Å². The van der Waals surface area contributed by atoms with Crippen molar-refractivity contribution in [1.82, 2.24) is 10.2 Å². The van der Waals surface area contributed by atoms with E-state index in [1.165, 1.54) is 24.3 Å². The first kappa shape index (κ1) is 22.6. The molecule has 0 spiro atoms. The first-order valence-electron chi connectivity index (χ1n) is 10.7. The number of primary amides is 1. The highest BCUT2D eigenvalue weighted by atomic mass is 19.1. The molecule has 0 radical (unpaired) electrons. The summed E-state index contributed by atoms with van der Waals surface area (Å²) in [6.07, 6.45) is 1.49. The van der Waals surface area contributed by atoms with E-state index in [1.54, 1.807) is 24.3 Å². The van der Waals surface area contributed by atoms with Crippen molar-refractivity contribution in [3.63, 3.8) is 0 Å². The molecule has 2 aromatic carbocycles. The van der Waals surface area contributed by atoms with Crippen LogP contribution in [-0.4, -0.2) is 60.2 Å². The van der Waals surface area contributed by atoms with Gasteiger partial charge in [0, 0.05) is 23.5 Å². The molecule has 0 aliphatic carbocycles. The van der Waals surface area contributed by atoms with Crippen LogP contribution in [0, 0.1) is 5.82 Å². The fraction of sp³-hybridized carbons (Fsp3) is 0.304. The Morgan fingerprint density at radius 2 is 1.61 bits per heavy atom. The zero-order valence-corrected chi connectivity index (χ0v) is 17.9. The lowest BCUT2D eigenvalue weighted by Crippen LogP contribution is -2.61. The summed E-state index contributed by atoms with van der Waals surface area (Å²) in [5, 5.41) is 8.45. The molecule has 172 valence electrons. The summed E-state index contributed by atoms with van der Waals surface area (Å²) in [5.41, 5.74) is 5.74. The third-order valence-electron chi connectivity index (χ3n) is 5.92. The molecule has 0 bridgehead atoms. The summed E-state index contributed by atoms with van der Waals surface area (Å²) in [5.74, 6) is -1.94. The highest BCUT2D eigenvalue weighted by Crippen LogP contribution is 2.22. The molecular weight excluding hydrogens is 427 g/mol. The Kier molecular flexibility index (Phi) is 6.47. The van der Waals surface area contributed by atoms with Gasteiger partial charge < -0.3 is 21.3 Å². The van der Waals surface area contributed by atoms with E-state index in [4.69, 9.17) is 5.73 Å². The van der Waals surface area contributed by atoms with Crippen LogP contribution < -0.4 is 21.7 Å². The van der Waals surface area contributed by atoms with Crippen LogP contribution in [0.3, 0.4) is 0 Å². The van der Waals surface area contributed by atoms with Crippen molar-refractivity contribution in [3.05, 3.63) is 59.9 Å². The van der Waals surface area contributed by atoms with E-state index in [0.29, 0.717) is 29.9 Å². The molecule has 4 rings (SSSR count). The van der Waals surface area contributed by atoms with Crippen LogP contribution >= 0.6 is 0 Å². The molecule has 5 N–H and O–H groups in total. The number of nitrogens with two attached hydrogens (primary N) is 1. The Bertz CT molecular complexity index is 1080. The van der Waals surface area contributed by atoms with E-state index >= 15 is 0 Å². The third-order valence-corrected chi connectivity index (χ3v) is 5.92. The van der Waals surface area contributed by atoms with Gasteiger partial charge in [-0.3, -0.25) is 24.7 Å². The van der Waals surface area contributed by atoms with E-state index in [2.05, 4.69) is 25.8 Å². The molecule has 3 amide bonds. The number of anilines is 2. The van der Waals surface area contributed by atoms with Crippen molar-refractivity contribution in [2.75, 3.05) is 36.9 Å². The van der Waals surface area contributed by atoms with Crippen molar-refractivity contribution in [1.29, 1.82) is 0 Å². The van der Waals surface area contributed by atoms with Crippen LogP contribution in [0.5, 0.6) is 0 Å². The lowest BCUT2D eigenvalue weighted by molar-refractivity contribution is -0.123. The topological polar surface area (TPSA) is 129 Å². The molecule has 2 aliphatic rings. The number of carbonyl (C=O) groups is 3. The molecule has 10 heteroatoms. The number of nitrogens with one attached hydrogen (secondary N) is 3. The number of aliphatic imine (C=N–C) groups is 1. The second-order valence-corrected chi connectivity index (χ2v) is 8.05. The standard InChI is InChI=1S/C23H25FN6O3/c24-16-4-2-15(3-5-16)20(31)28-17-6-8-18(9-7-17)29-21(32)19-23(22(25)33,27-14-26-19)10-13-30-11-1-12-30/h2-9,27H,1,10-14H2,(H2,25,33)(H,28,31)(H,29,32). The van der Waals surface area contributed by atoms with Crippen molar-refractivity contribution in [2.45, 2.75) is 18.4 Å². The second kappa shape index (κ2) is 9.47. The fourth-order valence-corrected chi connectivity index (χ4v) is 3.83. The number of rotatable bonds is 8. The van der Waals surface area contributed by atoms with Crippen LogP contribution in [0.2, 0.25) is 0 Å². The summed E-state index contributed by atoms with van der Waals surface area (Å²) < 4.78 is 13.0. The van der Waals surface area contributed by atoms with Crippen molar-refractivity contribution in [3.8, 4) is 0 Å². The number of likely N-dealkylation sites (tertiary alicyclic amines) is 1. The summed E-state index contributed by atoms with van der Waals surface area (Å²) in [6, 6.07) is 11.7. The molecule has 33 heavy (non-hydrogen) atoms. The summed E-state index contributed by atoms with van der Waals surface area (Å²) in [4.78, 5) is 43.9. The monoisotopic (exact) mass is 452 g/mol. The lowest BCUT2D eigenvalue weighted by Gasteiger charge is -2.35. The molecule has 1 fully saturated rings. The number of nitrogens with zero attached hydrogens (tertiary/aromatic N) is 2. The van der Waals surface area contributed by atoms with Gasteiger partial charge in [0.2, 0.25) is 5.91 Å². The van der Waals surface area contributed by atoms with Gasteiger partial charge >= 0.3 is 0 Å². The van der Waals surface area contributed by atoms with Gasteiger partial charge in [0.05, 0.1) is 6.67 Å². The Labute approximate surface area is 190 Å². The molecule has 9 nitrogen and oxygen atoms in total. The zero-order chi connectivity index (χ0) is 23.4. The first-order valence-corrected chi connectivity index (χ1v) is 10.7. The number of benzene rings is 2. The summed E-state index contributed by atoms with van der Waals surface area (Å²) in [6.45, 7) is 2.72. The maximum atomic E-state index is 13.0. The van der Waals surface area contributed by atoms with Gasteiger partial charge in [-0.15, -0.1) is 0 Å². The van der Waals surface area contributed by atoms with Crippen molar-refractivity contribution < 1.29 is 18.8 Å². The predicted octanol–water partition coefficient (Wildman–Crippen LogP) is 1.34. The SMILES string of the molecule is NC(=O)C1(CCN2CCC2)NCN=C1C(=O)Nc1ccc(NC(=O)c2ccc(F)cc2)cc1. The van der Waals surface area contributed by atoms with Gasteiger partial charge in [-0.1, -0.05) is 0 Å².